The summed E-state index contributed by atoms with van der Waals surface area (Å²) in [6, 6.07) is 9.15. The number of rotatable bonds is 7. The van der Waals surface area contributed by atoms with Crippen LogP contribution in [0.2, 0.25) is 0 Å². The molecule has 1 heterocycles. The van der Waals surface area contributed by atoms with Gasteiger partial charge < -0.3 is 19.1 Å². The predicted octanol–water partition coefficient (Wildman–Crippen LogP) is 2.39. The molecule has 6 nitrogen and oxygen atoms in total. The largest absolute Gasteiger partial charge is 0.462 e. The first kappa shape index (κ1) is 20.8. The van der Waals surface area contributed by atoms with Gasteiger partial charge in [-0.3, -0.25) is 0 Å². The second-order valence-corrected chi connectivity index (χ2v) is 8.42. The Labute approximate surface area is 167 Å². The van der Waals surface area contributed by atoms with Crippen LogP contribution in [0.25, 0.3) is 0 Å². The fourth-order valence-corrected chi connectivity index (χ4v) is 4.69. The highest BCUT2D eigenvalue weighted by molar-refractivity contribution is 5.81. The molecule has 2 fully saturated rings. The van der Waals surface area contributed by atoms with Gasteiger partial charge in [0.1, 0.15) is 6.54 Å². The molecule has 1 N–H and O–H groups in total. The molecule has 154 valence electrons. The van der Waals surface area contributed by atoms with Crippen molar-refractivity contribution >= 4 is 11.9 Å². The summed E-state index contributed by atoms with van der Waals surface area (Å²) in [5.41, 5.74) is -1.00. The Bertz CT molecular complexity index is 687. The van der Waals surface area contributed by atoms with Crippen molar-refractivity contribution in [2.75, 3.05) is 33.3 Å². The number of likely N-dealkylation sites (N-methyl/N-ethyl adjacent to an activating group) is 1. The molecule has 2 aliphatic rings. The Morgan fingerprint density at radius 3 is 2.50 bits per heavy atom. The maximum atomic E-state index is 13.2. The Hall–Kier alpha value is -1.92. The van der Waals surface area contributed by atoms with Crippen molar-refractivity contribution in [2.24, 2.45) is 5.92 Å². The average Bonchev–Trinajstić information content (AvgIpc) is 3.32. The lowest BCUT2D eigenvalue weighted by Crippen LogP contribution is -2.48. The van der Waals surface area contributed by atoms with Crippen LogP contribution in [0.5, 0.6) is 0 Å². The molecule has 1 aliphatic carbocycles. The van der Waals surface area contributed by atoms with Crippen molar-refractivity contribution in [2.45, 2.75) is 50.7 Å². The van der Waals surface area contributed by atoms with Crippen molar-refractivity contribution in [1.82, 2.24) is 0 Å². The van der Waals surface area contributed by atoms with Gasteiger partial charge in [-0.15, -0.1) is 0 Å². The maximum Gasteiger partial charge on any atom is 0.361 e. The first-order valence-electron chi connectivity index (χ1n) is 10.4. The highest BCUT2D eigenvalue weighted by Gasteiger charge is 2.50. The Morgan fingerprint density at radius 1 is 1.18 bits per heavy atom. The summed E-state index contributed by atoms with van der Waals surface area (Å²) < 4.78 is 11.4. The van der Waals surface area contributed by atoms with E-state index in [0.29, 0.717) is 29.6 Å². The summed E-state index contributed by atoms with van der Waals surface area (Å²) in [4.78, 5) is 25.0. The van der Waals surface area contributed by atoms with E-state index in [9.17, 15) is 14.7 Å². The van der Waals surface area contributed by atoms with Crippen LogP contribution in [-0.4, -0.2) is 60.9 Å². The number of carbonyl (C=O) groups excluding carboxylic acids is 2. The van der Waals surface area contributed by atoms with E-state index in [1.165, 1.54) is 0 Å². The van der Waals surface area contributed by atoms with Gasteiger partial charge in [-0.2, -0.15) is 0 Å². The van der Waals surface area contributed by atoms with E-state index in [4.69, 9.17) is 9.47 Å². The van der Waals surface area contributed by atoms with Gasteiger partial charge in [-0.05, 0) is 25.3 Å². The van der Waals surface area contributed by atoms with Crippen molar-refractivity contribution in [3.8, 4) is 0 Å². The fraction of sp³-hybridized carbons (Fsp3) is 0.636. The predicted molar refractivity (Wildman–Crippen MR) is 104 cm³/mol. The number of hydrogen-bond donors (Lipinski definition) is 1. The number of hydrogen-bond acceptors (Lipinski definition) is 5. The lowest BCUT2D eigenvalue weighted by molar-refractivity contribution is -0.891. The van der Waals surface area contributed by atoms with Gasteiger partial charge in [-0.1, -0.05) is 43.2 Å². The van der Waals surface area contributed by atoms with E-state index in [1.54, 1.807) is 19.1 Å². The molecule has 0 aromatic heterocycles. The SMILES string of the molecule is CCOC(=O)C[N@+]1(C)CC[C@@H](OC(=O)C(O)(c2ccccc2)C2CCCC2)C1. The summed E-state index contributed by atoms with van der Waals surface area (Å²) in [5.74, 6) is -0.909. The third-order valence-corrected chi connectivity index (χ3v) is 6.20. The van der Waals surface area contributed by atoms with Crippen LogP contribution in [0.15, 0.2) is 30.3 Å². The number of nitrogens with zero attached hydrogens (tertiary/aromatic N) is 1. The topological polar surface area (TPSA) is 72.8 Å². The lowest BCUT2D eigenvalue weighted by atomic mass is 9.80. The molecule has 3 atom stereocenters. The molecule has 0 spiro atoms. The fourth-order valence-electron chi connectivity index (χ4n) is 4.69. The summed E-state index contributed by atoms with van der Waals surface area (Å²) in [5, 5.41) is 11.5. The Balaban J connectivity index is 1.70. The van der Waals surface area contributed by atoms with Gasteiger partial charge >= 0.3 is 11.9 Å². The molecule has 6 heteroatoms. The first-order valence-corrected chi connectivity index (χ1v) is 10.4. The highest BCUT2D eigenvalue weighted by Crippen LogP contribution is 2.42. The maximum absolute atomic E-state index is 13.2. The van der Waals surface area contributed by atoms with Crippen LogP contribution in [0, 0.1) is 5.92 Å². The molecule has 1 aliphatic heterocycles. The minimum absolute atomic E-state index is 0.121. The molecule has 0 bridgehead atoms. The van der Waals surface area contributed by atoms with Crippen LogP contribution >= 0.6 is 0 Å². The van der Waals surface area contributed by atoms with Gasteiger partial charge in [0.05, 0.1) is 20.2 Å². The smallest absolute Gasteiger partial charge is 0.361 e. The van der Waals surface area contributed by atoms with Gasteiger partial charge in [0.15, 0.2) is 18.2 Å². The average molecular weight is 391 g/mol. The summed E-state index contributed by atoms with van der Waals surface area (Å²) in [7, 11) is 1.98. The van der Waals surface area contributed by atoms with Crippen LogP contribution in [0.3, 0.4) is 0 Å². The molecule has 28 heavy (non-hydrogen) atoms. The van der Waals surface area contributed by atoms with E-state index in [2.05, 4.69) is 0 Å². The number of aliphatic hydroxyl groups is 1. The molecule has 0 radical (unpaired) electrons. The number of ether oxygens (including phenoxy) is 2. The lowest BCUT2D eigenvalue weighted by Gasteiger charge is -2.33. The van der Waals surface area contributed by atoms with Crippen LogP contribution in [-0.2, 0) is 24.7 Å². The summed E-state index contributed by atoms with van der Waals surface area (Å²) in [6.45, 7) is 3.72. The van der Waals surface area contributed by atoms with Gasteiger partial charge in [-0.25, -0.2) is 9.59 Å². The van der Waals surface area contributed by atoms with E-state index in [1.807, 2.05) is 25.2 Å². The molecule has 1 saturated carbocycles. The third kappa shape index (κ3) is 4.39. The first-order chi connectivity index (χ1) is 13.4. The van der Waals surface area contributed by atoms with Crippen molar-refractivity contribution in [1.29, 1.82) is 0 Å². The van der Waals surface area contributed by atoms with E-state index in [0.717, 1.165) is 32.2 Å². The Kier molecular flexibility index (Phi) is 6.40. The number of benzene rings is 1. The summed E-state index contributed by atoms with van der Waals surface area (Å²) in [6.07, 6.45) is 4.06. The van der Waals surface area contributed by atoms with Crippen LogP contribution in [0.4, 0.5) is 0 Å². The molecule has 0 amide bonds. The molecule has 1 saturated heterocycles. The van der Waals surface area contributed by atoms with Crippen molar-refractivity contribution < 1.29 is 28.7 Å². The van der Waals surface area contributed by atoms with Crippen LogP contribution < -0.4 is 0 Å². The standard InChI is InChI=1S/C22H32NO5/c1-3-27-20(24)16-23(2)14-13-19(15-23)28-21(25)22(26,18-11-7-8-12-18)17-9-5-4-6-10-17/h4-6,9-10,18-19,26H,3,7-8,11-16H2,1-2H3/q+1/t19-,22?,23-/m1/s1. The minimum Gasteiger partial charge on any atom is -0.462 e. The second-order valence-electron chi connectivity index (χ2n) is 8.42. The number of quaternary nitrogens is 1. The minimum atomic E-state index is -1.61. The van der Waals surface area contributed by atoms with Crippen LogP contribution in [0.1, 0.15) is 44.6 Å². The zero-order valence-corrected chi connectivity index (χ0v) is 16.9. The van der Waals surface area contributed by atoms with Gasteiger partial charge in [0.25, 0.3) is 0 Å². The highest BCUT2D eigenvalue weighted by atomic mass is 16.6. The monoisotopic (exact) mass is 390 g/mol. The quantitative estimate of drug-likeness (QED) is 0.572. The Morgan fingerprint density at radius 2 is 1.86 bits per heavy atom. The third-order valence-electron chi connectivity index (χ3n) is 6.20. The molecule has 1 aromatic rings. The molecular formula is C22H32NO5+. The van der Waals surface area contributed by atoms with Gasteiger partial charge in [0.2, 0.25) is 0 Å². The van der Waals surface area contributed by atoms with Crippen molar-refractivity contribution in [3.63, 3.8) is 0 Å². The molecular weight excluding hydrogens is 358 g/mol. The van der Waals surface area contributed by atoms with Crippen molar-refractivity contribution in [3.05, 3.63) is 35.9 Å². The number of esters is 2. The van der Waals surface area contributed by atoms with E-state index < -0.39 is 11.6 Å². The van der Waals surface area contributed by atoms with Gasteiger partial charge in [0, 0.05) is 12.3 Å². The van der Waals surface area contributed by atoms with E-state index >= 15 is 0 Å². The molecule has 1 aromatic carbocycles. The second kappa shape index (κ2) is 8.62. The molecule has 3 rings (SSSR count). The zero-order valence-electron chi connectivity index (χ0n) is 16.9. The number of likely N-dealkylation sites (tertiary alicyclic amines) is 1. The zero-order chi connectivity index (χ0) is 20.2. The molecule has 1 unspecified atom stereocenters. The normalized spacial score (nSPS) is 27.3. The summed E-state index contributed by atoms with van der Waals surface area (Å²) >= 11 is 0. The number of carbonyl (C=O) groups is 2. The van der Waals surface area contributed by atoms with E-state index in [-0.39, 0.29) is 24.5 Å².